The van der Waals surface area contributed by atoms with Crippen LogP contribution in [0.1, 0.15) is 6.42 Å². The molecule has 0 bridgehead atoms. The molecule has 0 amide bonds. The molecular formula is C5H11NO3. The molecule has 2 atom stereocenters. The number of hydrogen-bond acceptors (Lipinski definition) is 4. The van der Waals surface area contributed by atoms with E-state index in [1.54, 1.807) is 0 Å². The summed E-state index contributed by atoms with van der Waals surface area (Å²) in [6.45, 7) is 0.620. The highest BCUT2D eigenvalue weighted by Crippen LogP contribution is 2.14. The molecule has 0 aliphatic carbocycles. The van der Waals surface area contributed by atoms with Crippen LogP contribution in [-0.4, -0.2) is 30.5 Å². The van der Waals surface area contributed by atoms with Crippen LogP contribution in [0.3, 0.4) is 0 Å². The van der Waals surface area contributed by atoms with Gasteiger partial charge in [-0.05, 0) is 0 Å². The summed E-state index contributed by atoms with van der Waals surface area (Å²) in [5, 5.41) is 8.61. The predicted octanol–water partition coefficient (Wildman–Crippen LogP) is -0.974. The molecule has 0 radical (unpaired) electrons. The van der Waals surface area contributed by atoms with Crippen molar-refractivity contribution in [3.05, 3.63) is 0 Å². The second-order valence-electron chi connectivity index (χ2n) is 2.06. The summed E-state index contributed by atoms with van der Waals surface area (Å²) in [7, 11) is 0. The summed E-state index contributed by atoms with van der Waals surface area (Å²) in [6.07, 6.45) is 0.451. The van der Waals surface area contributed by atoms with Crippen LogP contribution in [0.5, 0.6) is 0 Å². The summed E-state index contributed by atoms with van der Waals surface area (Å²) in [5.74, 6) is 4.91. The van der Waals surface area contributed by atoms with Gasteiger partial charge in [-0.2, -0.15) is 0 Å². The highest BCUT2D eigenvalue weighted by atomic mass is 16.6. The monoisotopic (exact) mass is 133 g/mol. The van der Waals surface area contributed by atoms with Crippen molar-refractivity contribution < 1.29 is 14.7 Å². The van der Waals surface area contributed by atoms with Crippen LogP contribution in [0.25, 0.3) is 0 Å². The van der Waals surface area contributed by atoms with Crippen molar-refractivity contribution in [1.82, 2.24) is 0 Å². The summed E-state index contributed by atoms with van der Waals surface area (Å²) in [5.41, 5.74) is 0. The average Bonchev–Trinajstić information content (AvgIpc) is 2.33. The first-order valence-corrected chi connectivity index (χ1v) is 2.96. The molecular weight excluding hydrogens is 122 g/mol. The molecule has 4 heteroatoms. The first-order chi connectivity index (χ1) is 4.38. The van der Waals surface area contributed by atoms with Crippen molar-refractivity contribution in [3.63, 3.8) is 0 Å². The zero-order chi connectivity index (χ0) is 6.69. The van der Waals surface area contributed by atoms with E-state index in [1.807, 2.05) is 0 Å². The van der Waals surface area contributed by atoms with Gasteiger partial charge < -0.3 is 9.84 Å². The first kappa shape index (κ1) is 6.95. The van der Waals surface area contributed by atoms with Crippen LogP contribution in [-0.2, 0) is 9.57 Å². The maximum atomic E-state index is 8.61. The molecule has 1 aliphatic heterocycles. The van der Waals surface area contributed by atoms with Crippen molar-refractivity contribution in [3.8, 4) is 0 Å². The van der Waals surface area contributed by atoms with Gasteiger partial charge in [-0.25, -0.2) is 5.90 Å². The van der Waals surface area contributed by atoms with Crippen LogP contribution >= 0.6 is 0 Å². The highest BCUT2D eigenvalue weighted by molar-refractivity contribution is 4.74. The molecule has 1 heterocycles. The minimum absolute atomic E-state index is 0.0120. The quantitative estimate of drug-likeness (QED) is 0.475. The minimum Gasteiger partial charge on any atom is -0.394 e. The predicted molar refractivity (Wildman–Crippen MR) is 30.5 cm³/mol. The first-order valence-electron chi connectivity index (χ1n) is 2.96. The molecule has 0 spiro atoms. The Morgan fingerprint density at radius 3 is 3.00 bits per heavy atom. The van der Waals surface area contributed by atoms with E-state index in [-0.39, 0.29) is 18.8 Å². The molecule has 54 valence electrons. The summed E-state index contributed by atoms with van der Waals surface area (Å²) in [4.78, 5) is 4.53. The van der Waals surface area contributed by atoms with Gasteiger partial charge in [0.1, 0.15) is 12.2 Å². The molecule has 0 aromatic carbocycles. The summed E-state index contributed by atoms with van der Waals surface area (Å²) in [6, 6.07) is 0. The third kappa shape index (κ3) is 1.40. The lowest BCUT2D eigenvalue weighted by molar-refractivity contribution is -0.0341. The van der Waals surface area contributed by atoms with Crippen LogP contribution in [0.15, 0.2) is 0 Å². The van der Waals surface area contributed by atoms with Gasteiger partial charge in [0.25, 0.3) is 0 Å². The van der Waals surface area contributed by atoms with Gasteiger partial charge in [0.05, 0.1) is 6.61 Å². The third-order valence-electron chi connectivity index (χ3n) is 1.50. The van der Waals surface area contributed by atoms with Crippen LogP contribution < -0.4 is 5.90 Å². The second kappa shape index (κ2) is 3.12. The van der Waals surface area contributed by atoms with E-state index >= 15 is 0 Å². The molecule has 4 nitrogen and oxygen atoms in total. The zero-order valence-corrected chi connectivity index (χ0v) is 5.12. The van der Waals surface area contributed by atoms with Crippen molar-refractivity contribution in [2.24, 2.45) is 5.90 Å². The second-order valence-corrected chi connectivity index (χ2v) is 2.06. The molecule has 1 rings (SSSR count). The zero-order valence-electron chi connectivity index (χ0n) is 5.12. The minimum atomic E-state index is -0.213. The molecule has 1 aliphatic rings. The fourth-order valence-corrected chi connectivity index (χ4v) is 0.955. The summed E-state index contributed by atoms with van der Waals surface area (Å²) >= 11 is 0. The smallest absolute Gasteiger partial charge is 0.109 e. The molecule has 9 heavy (non-hydrogen) atoms. The molecule has 0 aromatic heterocycles. The van der Waals surface area contributed by atoms with Gasteiger partial charge in [-0.3, -0.25) is 4.84 Å². The van der Waals surface area contributed by atoms with E-state index in [0.717, 1.165) is 6.42 Å². The number of nitrogens with two attached hydrogens (primary N) is 1. The fraction of sp³-hybridized carbons (Fsp3) is 1.00. The van der Waals surface area contributed by atoms with E-state index in [9.17, 15) is 0 Å². The van der Waals surface area contributed by atoms with Gasteiger partial charge in [0, 0.05) is 13.0 Å². The Bertz CT molecular complexity index is 78.3. The van der Waals surface area contributed by atoms with Gasteiger partial charge in [-0.15, -0.1) is 0 Å². The van der Waals surface area contributed by atoms with Crippen molar-refractivity contribution >= 4 is 0 Å². The largest absolute Gasteiger partial charge is 0.394 e. The Kier molecular flexibility index (Phi) is 2.41. The molecule has 1 fully saturated rings. The average molecular weight is 133 g/mol. The number of aliphatic hydroxyl groups excluding tert-OH is 1. The Labute approximate surface area is 53.5 Å². The standard InChI is InChI=1S/C5H11NO3/c6-9-4-1-2-8-5(4)3-7/h4-5,7H,1-3,6H2. The lowest BCUT2D eigenvalue weighted by atomic mass is 10.2. The molecule has 0 aromatic rings. The molecule has 3 N–H and O–H groups in total. The number of rotatable bonds is 2. The van der Waals surface area contributed by atoms with E-state index in [1.165, 1.54) is 0 Å². The van der Waals surface area contributed by atoms with E-state index < -0.39 is 0 Å². The highest BCUT2D eigenvalue weighted by Gasteiger charge is 2.27. The number of hydrogen-bond donors (Lipinski definition) is 2. The van der Waals surface area contributed by atoms with Crippen molar-refractivity contribution in [1.29, 1.82) is 0 Å². The van der Waals surface area contributed by atoms with Crippen molar-refractivity contribution in [2.45, 2.75) is 18.6 Å². The molecule has 0 saturated carbocycles. The normalized spacial score (nSPS) is 35.3. The third-order valence-corrected chi connectivity index (χ3v) is 1.50. The van der Waals surface area contributed by atoms with Gasteiger partial charge in [-0.1, -0.05) is 0 Å². The Hall–Kier alpha value is -0.160. The van der Waals surface area contributed by atoms with E-state index in [2.05, 4.69) is 4.84 Å². The Balaban J connectivity index is 2.32. The van der Waals surface area contributed by atoms with Crippen LogP contribution in [0.2, 0.25) is 0 Å². The number of aliphatic hydroxyl groups is 1. The van der Waals surface area contributed by atoms with Crippen LogP contribution in [0.4, 0.5) is 0 Å². The van der Waals surface area contributed by atoms with Gasteiger partial charge >= 0.3 is 0 Å². The molecule has 1 saturated heterocycles. The van der Waals surface area contributed by atoms with Gasteiger partial charge in [0.2, 0.25) is 0 Å². The van der Waals surface area contributed by atoms with E-state index in [0.29, 0.717) is 6.61 Å². The lowest BCUT2D eigenvalue weighted by Gasteiger charge is -2.12. The van der Waals surface area contributed by atoms with Crippen molar-refractivity contribution in [2.75, 3.05) is 13.2 Å². The van der Waals surface area contributed by atoms with Crippen LogP contribution in [0, 0.1) is 0 Å². The van der Waals surface area contributed by atoms with E-state index in [4.69, 9.17) is 15.7 Å². The fourth-order valence-electron chi connectivity index (χ4n) is 0.955. The Morgan fingerprint density at radius 1 is 1.78 bits per heavy atom. The van der Waals surface area contributed by atoms with Gasteiger partial charge in [0.15, 0.2) is 0 Å². The lowest BCUT2D eigenvalue weighted by Crippen LogP contribution is -2.29. The SMILES string of the molecule is NOC1CCOC1CO. The topological polar surface area (TPSA) is 64.7 Å². The molecule has 2 unspecified atom stereocenters. The maximum absolute atomic E-state index is 8.61. The maximum Gasteiger partial charge on any atom is 0.109 e. The number of ether oxygens (including phenoxy) is 1. The Morgan fingerprint density at radius 2 is 2.56 bits per heavy atom. The summed E-state index contributed by atoms with van der Waals surface area (Å²) < 4.78 is 5.05.